The summed E-state index contributed by atoms with van der Waals surface area (Å²) in [4.78, 5) is 13.5. The van der Waals surface area contributed by atoms with Crippen LogP contribution in [0.5, 0.6) is 0 Å². The van der Waals surface area contributed by atoms with E-state index in [1.807, 2.05) is 31.2 Å². The summed E-state index contributed by atoms with van der Waals surface area (Å²) < 4.78 is 0. The van der Waals surface area contributed by atoms with E-state index in [0.29, 0.717) is 5.92 Å². The van der Waals surface area contributed by atoms with Crippen LogP contribution >= 0.6 is 11.6 Å². The number of rotatable bonds is 6. The summed E-state index contributed by atoms with van der Waals surface area (Å²) in [6.07, 6.45) is 3.43. The second-order valence-corrected chi connectivity index (χ2v) is 7.75. The number of carboxylic acids is 1. The molecule has 0 saturated carbocycles. The molecule has 1 fully saturated rings. The highest BCUT2D eigenvalue weighted by molar-refractivity contribution is 6.30. The molecule has 1 heterocycles. The molecule has 1 aliphatic heterocycles. The largest absolute Gasteiger partial charge is 0.481 e. The Kier molecular flexibility index (Phi) is 6.33. The van der Waals surface area contributed by atoms with E-state index < -0.39 is 5.97 Å². The first-order valence-corrected chi connectivity index (χ1v) is 9.66. The minimum absolute atomic E-state index is 0.0984. The van der Waals surface area contributed by atoms with Gasteiger partial charge in [0.2, 0.25) is 0 Å². The number of carbonyl (C=O) groups is 1. The normalized spacial score (nSPS) is 15.9. The second kappa shape index (κ2) is 8.70. The van der Waals surface area contributed by atoms with Crippen molar-refractivity contribution in [3.63, 3.8) is 0 Å². The van der Waals surface area contributed by atoms with Crippen LogP contribution in [0.15, 0.2) is 42.5 Å². The Morgan fingerprint density at radius 2 is 1.77 bits per heavy atom. The first-order chi connectivity index (χ1) is 12.5. The predicted octanol–water partition coefficient (Wildman–Crippen LogP) is 4.70. The highest BCUT2D eigenvalue weighted by atomic mass is 35.5. The Hall–Kier alpha value is -1.84. The van der Waals surface area contributed by atoms with Crippen LogP contribution in [0.2, 0.25) is 5.02 Å². The number of aliphatic carboxylic acids is 1. The third-order valence-corrected chi connectivity index (χ3v) is 5.45. The fraction of sp³-hybridized carbons (Fsp3) is 0.409. The van der Waals surface area contributed by atoms with E-state index in [-0.39, 0.29) is 6.42 Å². The van der Waals surface area contributed by atoms with Crippen molar-refractivity contribution < 1.29 is 9.90 Å². The SMILES string of the molecule is Cc1cc(CCN2CCC(c3ccc(Cl)cc3)CC2)cc(CC(=O)O)c1. The average molecular weight is 372 g/mol. The minimum atomic E-state index is -0.772. The summed E-state index contributed by atoms with van der Waals surface area (Å²) in [5.41, 5.74) is 4.67. The molecular formula is C22H26ClNO2. The van der Waals surface area contributed by atoms with Gasteiger partial charge in [-0.05, 0) is 74.0 Å². The number of aryl methyl sites for hydroxylation is 1. The van der Waals surface area contributed by atoms with E-state index in [1.165, 1.54) is 24.0 Å². The van der Waals surface area contributed by atoms with Crippen LogP contribution in [0, 0.1) is 6.92 Å². The minimum Gasteiger partial charge on any atom is -0.481 e. The Morgan fingerprint density at radius 1 is 1.12 bits per heavy atom. The molecule has 0 aliphatic carbocycles. The molecule has 3 rings (SSSR count). The second-order valence-electron chi connectivity index (χ2n) is 7.31. The highest BCUT2D eigenvalue weighted by Gasteiger charge is 2.20. The third-order valence-electron chi connectivity index (χ3n) is 5.20. The molecule has 4 heteroatoms. The quantitative estimate of drug-likeness (QED) is 0.800. The van der Waals surface area contributed by atoms with Gasteiger partial charge >= 0.3 is 5.97 Å². The zero-order valence-electron chi connectivity index (χ0n) is 15.2. The Labute approximate surface area is 160 Å². The zero-order valence-corrected chi connectivity index (χ0v) is 16.0. The van der Waals surface area contributed by atoms with Crippen molar-refractivity contribution in [3.05, 3.63) is 69.7 Å². The summed E-state index contributed by atoms with van der Waals surface area (Å²) in [6.45, 7) is 5.29. The number of hydrogen-bond donors (Lipinski definition) is 1. The van der Waals surface area contributed by atoms with Crippen LogP contribution in [-0.4, -0.2) is 35.6 Å². The van der Waals surface area contributed by atoms with Crippen molar-refractivity contribution in [2.45, 2.75) is 38.5 Å². The number of hydrogen-bond acceptors (Lipinski definition) is 2. The lowest BCUT2D eigenvalue weighted by atomic mass is 9.89. The molecule has 1 aliphatic rings. The fourth-order valence-electron chi connectivity index (χ4n) is 3.88. The van der Waals surface area contributed by atoms with Gasteiger partial charge in [0.1, 0.15) is 0 Å². The number of likely N-dealkylation sites (tertiary alicyclic amines) is 1. The molecule has 1 N–H and O–H groups in total. The van der Waals surface area contributed by atoms with Gasteiger partial charge in [0.05, 0.1) is 6.42 Å². The molecule has 0 radical (unpaired) electrons. The average Bonchev–Trinajstić information content (AvgIpc) is 2.60. The third kappa shape index (κ3) is 5.33. The molecule has 0 aromatic heterocycles. The van der Waals surface area contributed by atoms with Gasteiger partial charge in [-0.25, -0.2) is 0 Å². The van der Waals surface area contributed by atoms with Crippen LogP contribution < -0.4 is 0 Å². The van der Waals surface area contributed by atoms with Gasteiger partial charge in [-0.15, -0.1) is 0 Å². The first kappa shape index (κ1) is 18.9. The van der Waals surface area contributed by atoms with E-state index in [1.54, 1.807) is 0 Å². The van der Waals surface area contributed by atoms with Crippen molar-refractivity contribution >= 4 is 17.6 Å². The van der Waals surface area contributed by atoms with Crippen molar-refractivity contribution in [2.75, 3.05) is 19.6 Å². The lowest BCUT2D eigenvalue weighted by molar-refractivity contribution is -0.136. The summed E-state index contributed by atoms with van der Waals surface area (Å²) in [7, 11) is 0. The van der Waals surface area contributed by atoms with E-state index in [9.17, 15) is 4.79 Å². The monoisotopic (exact) mass is 371 g/mol. The smallest absolute Gasteiger partial charge is 0.307 e. The molecule has 0 bridgehead atoms. The van der Waals surface area contributed by atoms with Gasteiger partial charge < -0.3 is 10.0 Å². The predicted molar refractivity (Wildman–Crippen MR) is 106 cm³/mol. The van der Waals surface area contributed by atoms with Crippen LogP contribution in [-0.2, 0) is 17.6 Å². The number of carboxylic acid groups (broad SMARTS) is 1. The van der Waals surface area contributed by atoms with Gasteiger partial charge in [-0.3, -0.25) is 4.79 Å². The van der Waals surface area contributed by atoms with Crippen molar-refractivity contribution in [2.24, 2.45) is 0 Å². The molecular weight excluding hydrogens is 346 g/mol. The van der Waals surface area contributed by atoms with E-state index >= 15 is 0 Å². The maximum Gasteiger partial charge on any atom is 0.307 e. The standard InChI is InChI=1S/C22H26ClNO2/c1-16-12-17(14-18(13-16)15-22(25)26)6-9-24-10-7-20(8-11-24)19-2-4-21(23)5-3-19/h2-5,12-14,20H,6-11,15H2,1H3,(H,25,26). The van der Waals surface area contributed by atoms with E-state index in [2.05, 4.69) is 23.1 Å². The maximum atomic E-state index is 10.9. The van der Waals surface area contributed by atoms with Gasteiger partial charge in [0, 0.05) is 11.6 Å². The summed E-state index contributed by atoms with van der Waals surface area (Å²) in [5, 5.41) is 9.80. The Morgan fingerprint density at radius 3 is 2.42 bits per heavy atom. The van der Waals surface area contributed by atoms with Gasteiger partial charge in [-0.1, -0.05) is 47.5 Å². The van der Waals surface area contributed by atoms with Crippen LogP contribution in [0.3, 0.4) is 0 Å². The van der Waals surface area contributed by atoms with E-state index in [4.69, 9.17) is 16.7 Å². The first-order valence-electron chi connectivity index (χ1n) is 9.28. The molecule has 3 nitrogen and oxygen atoms in total. The Balaban J connectivity index is 1.51. The summed E-state index contributed by atoms with van der Waals surface area (Å²) >= 11 is 5.98. The lowest BCUT2D eigenvalue weighted by Crippen LogP contribution is -2.34. The zero-order chi connectivity index (χ0) is 18.5. The Bertz CT molecular complexity index is 749. The molecule has 0 unspecified atom stereocenters. The van der Waals surface area contributed by atoms with Gasteiger partial charge in [0.15, 0.2) is 0 Å². The molecule has 1 saturated heterocycles. The van der Waals surface area contributed by atoms with E-state index in [0.717, 1.165) is 42.2 Å². The molecule has 0 spiro atoms. The molecule has 0 amide bonds. The van der Waals surface area contributed by atoms with Gasteiger partial charge in [0.25, 0.3) is 0 Å². The summed E-state index contributed by atoms with van der Waals surface area (Å²) in [6, 6.07) is 14.5. The summed E-state index contributed by atoms with van der Waals surface area (Å²) in [5.74, 6) is -0.143. The number of nitrogens with zero attached hydrogens (tertiary/aromatic N) is 1. The fourth-order valence-corrected chi connectivity index (χ4v) is 4.01. The topological polar surface area (TPSA) is 40.5 Å². The molecule has 138 valence electrons. The van der Waals surface area contributed by atoms with Crippen molar-refractivity contribution in [3.8, 4) is 0 Å². The molecule has 2 aromatic rings. The number of piperidine rings is 1. The van der Waals surface area contributed by atoms with Crippen LogP contribution in [0.1, 0.15) is 41.0 Å². The molecule has 0 atom stereocenters. The van der Waals surface area contributed by atoms with Crippen molar-refractivity contribution in [1.29, 1.82) is 0 Å². The van der Waals surface area contributed by atoms with Crippen LogP contribution in [0.25, 0.3) is 0 Å². The maximum absolute atomic E-state index is 10.9. The van der Waals surface area contributed by atoms with Crippen molar-refractivity contribution in [1.82, 2.24) is 4.90 Å². The molecule has 2 aromatic carbocycles. The number of halogens is 1. The molecule has 26 heavy (non-hydrogen) atoms. The van der Waals surface area contributed by atoms with Crippen LogP contribution in [0.4, 0.5) is 0 Å². The lowest BCUT2D eigenvalue weighted by Gasteiger charge is -2.32. The highest BCUT2D eigenvalue weighted by Crippen LogP contribution is 2.28. The van der Waals surface area contributed by atoms with Gasteiger partial charge in [-0.2, -0.15) is 0 Å². The number of benzene rings is 2.